The maximum absolute atomic E-state index is 12.8. The van der Waals surface area contributed by atoms with Crippen LogP contribution in [0.25, 0.3) is 11.3 Å². The predicted octanol–water partition coefficient (Wildman–Crippen LogP) is 4.61. The highest BCUT2D eigenvalue weighted by Gasteiger charge is 2.20. The Morgan fingerprint density at radius 1 is 1.35 bits per heavy atom. The fraction of sp³-hybridized carbons (Fsp3) is 0.300. The molecule has 0 aliphatic rings. The van der Waals surface area contributed by atoms with Crippen molar-refractivity contribution in [2.24, 2.45) is 18.7 Å². The van der Waals surface area contributed by atoms with Gasteiger partial charge >= 0.3 is 0 Å². The van der Waals surface area contributed by atoms with Gasteiger partial charge in [-0.3, -0.25) is 9.48 Å². The van der Waals surface area contributed by atoms with Gasteiger partial charge in [-0.2, -0.15) is 5.10 Å². The van der Waals surface area contributed by atoms with Gasteiger partial charge in [0, 0.05) is 23.9 Å². The van der Waals surface area contributed by atoms with Crippen molar-refractivity contribution in [3.8, 4) is 11.3 Å². The third-order valence-electron chi connectivity index (χ3n) is 4.52. The van der Waals surface area contributed by atoms with Crippen LogP contribution in [0.4, 0.5) is 0 Å². The lowest BCUT2D eigenvalue weighted by Crippen LogP contribution is -2.20. The fourth-order valence-electron chi connectivity index (χ4n) is 3.12. The summed E-state index contributed by atoms with van der Waals surface area (Å²) in [6.07, 6.45) is 3.07. The van der Waals surface area contributed by atoms with Crippen LogP contribution in [0, 0.1) is 12.8 Å². The summed E-state index contributed by atoms with van der Waals surface area (Å²) in [4.78, 5) is 14.7. The number of hydrogen-bond donors (Lipinski definition) is 1. The molecule has 0 aliphatic heterocycles. The van der Waals surface area contributed by atoms with Gasteiger partial charge in [-0.25, -0.2) is 0 Å². The highest BCUT2D eigenvalue weighted by atomic mass is 79.9. The molecule has 0 aliphatic carbocycles. The van der Waals surface area contributed by atoms with E-state index in [1.807, 2.05) is 42.9 Å². The number of carbonyl (C=O) groups excluding carboxylic acids is 1. The lowest BCUT2D eigenvalue weighted by molar-refractivity contribution is 0.0966. The molecule has 1 unspecified atom stereocenters. The second-order valence-corrected chi connectivity index (χ2v) is 8.57. The second-order valence-electron chi connectivity index (χ2n) is 6.46. The van der Waals surface area contributed by atoms with Gasteiger partial charge in [0.25, 0.3) is 0 Å². The zero-order valence-corrected chi connectivity index (χ0v) is 17.3. The summed E-state index contributed by atoms with van der Waals surface area (Å²) < 4.78 is 2.76. The minimum atomic E-state index is 0.152. The standard InChI is InChI=1S/C20H22BrN3OS/c1-13-16(20-17(21)12-23-24(20)2)10-19(26-13)18(25)9-15(11-22)8-14-6-4-3-5-7-14/h3-7,10,12,15H,8-9,11,22H2,1-2H3. The number of ketones is 1. The van der Waals surface area contributed by atoms with Crippen LogP contribution in [0.2, 0.25) is 0 Å². The van der Waals surface area contributed by atoms with Crippen molar-refractivity contribution in [2.75, 3.05) is 6.54 Å². The molecule has 2 N–H and O–H groups in total. The van der Waals surface area contributed by atoms with Crippen molar-refractivity contribution in [2.45, 2.75) is 19.8 Å². The zero-order valence-electron chi connectivity index (χ0n) is 14.9. The SMILES string of the molecule is Cc1sc(C(=O)CC(CN)Cc2ccccc2)cc1-c1c(Br)cnn1C. The molecular weight excluding hydrogens is 410 g/mol. The topological polar surface area (TPSA) is 60.9 Å². The number of aryl methyl sites for hydroxylation is 2. The number of nitrogens with zero attached hydrogens (tertiary/aromatic N) is 2. The Balaban J connectivity index is 1.77. The first-order valence-corrected chi connectivity index (χ1v) is 10.2. The van der Waals surface area contributed by atoms with Crippen LogP contribution in [0.5, 0.6) is 0 Å². The molecule has 0 saturated heterocycles. The quantitative estimate of drug-likeness (QED) is 0.555. The maximum Gasteiger partial charge on any atom is 0.173 e. The first kappa shape index (κ1) is 19.0. The number of aromatic nitrogens is 2. The average Bonchev–Trinajstić information content (AvgIpc) is 3.17. The van der Waals surface area contributed by atoms with Crippen molar-refractivity contribution in [3.05, 3.63) is 62.4 Å². The van der Waals surface area contributed by atoms with E-state index in [0.717, 1.165) is 31.9 Å². The average molecular weight is 432 g/mol. The lowest BCUT2D eigenvalue weighted by atomic mass is 9.94. The number of carbonyl (C=O) groups is 1. The third kappa shape index (κ3) is 4.14. The smallest absolute Gasteiger partial charge is 0.173 e. The molecule has 0 saturated carbocycles. The summed E-state index contributed by atoms with van der Waals surface area (Å²) in [6, 6.07) is 12.2. The fourth-order valence-corrected chi connectivity index (χ4v) is 4.65. The Hall–Kier alpha value is -1.76. The third-order valence-corrected chi connectivity index (χ3v) is 6.19. The van der Waals surface area contributed by atoms with Gasteiger partial charge in [0.05, 0.1) is 21.2 Å². The van der Waals surface area contributed by atoms with E-state index < -0.39 is 0 Å². The van der Waals surface area contributed by atoms with Crippen molar-refractivity contribution >= 4 is 33.0 Å². The molecule has 1 atom stereocenters. The Labute approximate surface area is 166 Å². The molecule has 0 radical (unpaired) electrons. The lowest BCUT2D eigenvalue weighted by Gasteiger charge is -2.13. The summed E-state index contributed by atoms with van der Waals surface area (Å²) in [6.45, 7) is 2.55. The molecule has 1 aromatic carbocycles. The molecule has 6 heteroatoms. The maximum atomic E-state index is 12.8. The van der Waals surface area contributed by atoms with Crippen LogP contribution in [0.3, 0.4) is 0 Å². The Kier molecular flexibility index (Phi) is 6.06. The van der Waals surface area contributed by atoms with Crippen LogP contribution >= 0.6 is 27.3 Å². The van der Waals surface area contributed by atoms with E-state index in [1.165, 1.54) is 5.56 Å². The Bertz CT molecular complexity index is 882. The van der Waals surface area contributed by atoms with Crippen LogP contribution < -0.4 is 5.73 Å². The van der Waals surface area contributed by atoms with Crippen molar-refractivity contribution in [3.63, 3.8) is 0 Å². The largest absolute Gasteiger partial charge is 0.330 e. The first-order chi connectivity index (χ1) is 12.5. The van der Waals surface area contributed by atoms with Gasteiger partial charge in [0.2, 0.25) is 0 Å². The van der Waals surface area contributed by atoms with Crippen LogP contribution in [0.1, 0.15) is 26.5 Å². The molecule has 136 valence electrons. The predicted molar refractivity (Wildman–Crippen MR) is 111 cm³/mol. The van der Waals surface area contributed by atoms with E-state index in [1.54, 1.807) is 17.5 Å². The molecule has 2 heterocycles. The number of rotatable bonds is 7. The van der Waals surface area contributed by atoms with Crippen LogP contribution in [0.15, 0.2) is 47.1 Å². The number of hydrogen-bond acceptors (Lipinski definition) is 4. The molecule has 2 aromatic heterocycles. The van der Waals surface area contributed by atoms with Crippen molar-refractivity contribution in [1.82, 2.24) is 9.78 Å². The summed E-state index contributed by atoms with van der Waals surface area (Å²) in [7, 11) is 1.91. The molecule has 0 bridgehead atoms. The van der Waals surface area contributed by atoms with E-state index in [0.29, 0.717) is 13.0 Å². The highest BCUT2D eigenvalue weighted by molar-refractivity contribution is 9.10. The molecule has 26 heavy (non-hydrogen) atoms. The van der Waals surface area contributed by atoms with Gasteiger partial charge in [-0.1, -0.05) is 30.3 Å². The van der Waals surface area contributed by atoms with Gasteiger partial charge in [0.15, 0.2) is 5.78 Å². The first-order valence-electron chi connectivity index (χ1n) is 8.55. The summed E-state index contributed by atoms with van der Waals surface area (Å²) in [5.74, 6) is 0.313. The summed E-state index contributed by atoms with van der Waals surface area (Å²) >= 11 is 5.09. The number of Topliss-reactive ketones (excluding diaryl/α,β-unsaturated/α-hetero) is 1. The molecule has 0 spiro atoms. The Morgan fingerprint density at radius 3 is 2.69 bits per heavy atom. The van der Waals surface area contributed by atoms with E-state index in [-0.39, 0.29) is 11.7 Å². The number of nitrogens with two attached hydrogens (primary N) is 1. The molecule has 0 amide bonds. The van der Waals surface area contributed by atoms with Gasteiger partial charge < -0.3 is 5.73 Å². The van der Waals surface area contributed by atoms with Crippen LogP contribution in [-0.2, 0) is 13.5 Å². The number of halogens is 1. The van der Waals surface area contributed by atoms with Gasteiger partial charge in [-0.05, 0) is 53.4 Å². The monoisotopic (exact) mass is 431 g/mol. The van der Waals surface area contributed by atoms with Gasteiger partial charge in [-0.15, -0.1) is 11.3 Å². The molecule has 3 rings (SSSR count). The van der Waals surface area contributed by atoms with E-state index >= 15 is 0 Å². The Morgan fingerprint density at radius 2 is 2.08 bits per heavy atom. The zero-order chi connectivity index (χ0) is 18.7. The molecular formula is C20H22BrN3OS. The highest BCUT2D eigenvalue weighted by Crippen LogP contribution is 2.35. The second kappa shape index (κ2) is 8.29. The van der Waals surface area contributed by atoms with E-state index in [2.05, 4.69) is 33.2 Å². The molecule has 4 nitrogen and oxygen atoms in total. The van der Waals surface area contributed by atoms with Crippen molar-refractivity contribution < 1.29 is 4.79 Å². The van der Waals surface area contributed by atoms with Gasteiger partial charge in [0.1, 0.15) is 0 Å². The molecule has 3 aromatic rings. The van der Waals surface area contributed by atoms with Crippen molar-refractivity contribution in [1.29, 1.82) is 0 Å². The van der Waals surface area contributed by atoms with E-state index in [9.17, 15) is 4.79 Å². The molecule has 0 fully saturated rings. The minimum absolute atomic E-state index is 0.152. The van der Waals surface area contributed by atoms with E-state index in [4.69, 9.17) is 5.73 Å². The normalized spacial score (nSPS) is 12.3. The minimum Gasteiger partial charge on any atom is -0.330 e. The number of thiophene rings is 1. The summed E-state index contributed by atoms with van der Waals surface area (Å²) in [5.41, 5.74) is 9.20. The summed E-state index contributed by atoms with van der Waals surface area (Å²) in [5, 5.41) is 4.27. The van der Waals surface area contributed by atoms with Crippen LogP contribution in [-0.4, -0.2) is 22.1 Å². The number of benzene rings is 1.